The Morgan fingerprint density at radius 1 is 1.12 bits per heavy atom. The Hall–Kier alpha value is -1.16. The SMILES string of the molecule is C[C@]12CCC(=O)C=C1CC[C@@H]1[C@H]2CC[C@@]2(C)[C@H]1CCC2(O)C(N)=O. The molecule has 0 spiro atoms. The number of hydrogen-bond acceptors (Lipinski definition) is 3. The largest absolute Gasteiger partial charge is 0.379 e. The number of carbonyl (C=O) groups is 2. The van der Waals surface area contributed by atoms with Crippen molar-refractivity contribution in [3.63, 3.8) is 0 Å². The number of amides is 1. The summed E-state index contributed by atoms with van der Waals surface area (Å²) >= 11 is 0. The molecule has 4 aliphatic carbocycles. The van der Waals surface area contributed by atoms with Crippen LogP contribution in [0.25, 0.3) is 0 Å². The van der Waals surface area contributed by atoms with Crippen LogP contribution in [-0.2, 0) is 9.59 Å². The van der Waals surface area contributed by atoms with Crippen LogP contribution < -0.4 is 5.73 Å². The van der Waals surface area contributed by atoms with Gasteiger partial charge in [-0.15, -0.1) is 0 Å². The average Bonchev–Trinajstić information content (AvgIpc) is 2.81. The van der Waals surface area contributed by atoms with E-state index in [1.165, 1.54) is 5.57 Å². The van der Waals surface area contributed by atoms with E-state index in [4.69, 9.17) is 5.73 Å². The van der Waals surface area contributed by atoms with E-state index >= 15 is 0 Å². The molecule has 3 fully saturated rings. The van der Waals surface area contributed by atoms with Gasteiger partial charge in [-0.3, -0.25) is 9.59 Å². The number of allylic oxidation sites excluding steroid dienone is 1. The molecule has 0 aliphatic heterocycles. The number of primary amides is 1. The summed E-state index contributed by atoms with van der Waals surface area (Å²) in [6.45, 7) is 4.43. The third kappa shape index (κ3) is 1.84. The molecule has 3 N–H and O–H groups in total. The summed E-state index contributed by atoms with van der Waals surface area (Å²) in [6.07, 6.45) is 8.89. The molecule has 0 saturated heterocycles. The van der Waals surface area contributed by atoms with Crippen LogP contribution in [0.1, 0.15) is 65.2 Å². The van der Waals surface area contributed by atoms with E-state index in [-0.39, 0.29) is 16.6 Å². The second kappa shape index (κ2) is 4.94. The lowest BCUT2D eigenvalue weighted by Gasteiger charge is -2.58. The normalized spacial score (nSPS) is 50.5. The molecular weight excluding hydrogens is 302 g/mol. The summed E-state index contributed by atoms with van der Waals surface area (Å²) in [5.41, 5.74) is 5.36. The van der Waals surface area contributed by atoms with E-state index in [0.717, 1.165) is 38.5 Å². The van der Waals surface area contributed by atoms with Crippen LogP contribution in [0.2, 0.25) is 0 Å². The van der Waals surface area contributed by atoms with Gasteiger partial charge in [0.15, 0.2) is 5.78 Å². The number of rotatable bonds is 1. The predicted octanol–water partition coefficient (Wildman–Crippen LogP) is 2.73. The van der Waals surface area contributed by atoms with Gasteiger partial charge in [0.1, 0.15) is 5.60 Å². The molecule has 0 aromatic rings. The van der Waals surface area contributed by atoms with Crippen LogP contribution in [0.4, 0.5) is 0 Å². The van der Waals surface area contributed by atoms with Gasteiger partial charge in [-0.25, -0.2) is 0 Å². The van der Waals surface area contributed by atoms with Crippen molar-refractivity contribution in [2.75, 3.05) is 0 Å². The average molecular weight is 331 g/mol. The van der Waals surface area contributed by atoms with Gasteiger partial charge in [-0.1, -0.05) is 19.4 Å². The maximum atomic E-state index is 12.0. The Kier molecular flexibility index (Phi) is 3.36. The van der Waals surface area contributed by atoms with Crippen molar-refractivity contribution < 1.29 is 14.7 Å². The summed E-state index contributed by atoms with van der Waals surface area (Å²) in [7, 11) is 0. The highest BCUT2D eigenvalue weighted by Crippen LogP contribution is 2.67. The van der Waals surface area contributed by atoms with Crippen LogP contribution in [0, 0.1) is 28.6 Å². The van der Waals surface area contributed by atoms with E-state index in [1.54, 1.807) is 0 Å². The van der Waals surface area contributed by atoms with E-state index in [9.17, 15) is 14.7 Å². The smallest absolute Gasteiger partial charge is 0.249 e. The number of carbonyl (C=O) groups excluding carboxylic acids is 2. The van der Waals surface area contributed by atoms with Gasteiger partial charge >= 0.3 is 0 Å². The number of ketones is 1. The molecule has 0 aromatic heterocycles. The molecule has 4 heteroatoms. The monoisotopic (exact) mass is 331 g/mol. The molecule has 1 unspecified atom stereocenters. The molecule has 6 atom stereocenters. The molecule has 4 aliphatic rings. The van der Waals surface area contributed by atoms with Crippen molar-refractivity contribution in [3.8, 4) is 0 Å². The van der Waals surface area contributed by atoms with E-state index in [1.807, 2.05) is 6.08 Å². The van der Waals surface area contributed by atoms with Gasteiger partial charge < -0.3 is 10.8 Å². The summed E-state index contributed by atoms with van der Waals surface area (Å²) in [4.78, 5) is 23.8. The van der Waals surface area contributed by atoms with Crippen LogP contribution in [0.3, 0.4) is 0 Å². The Bertz CT molecular complexity index is 641. The van der Waals surface area contributed by atoms with Crippen LogP contribution in [0.15, 0.2) is 11.6 Å². The van der Waals surface area contributed by atoms with Gasteiger partial charge in [0.2, 0.25) is 5.91 Å². The minimum Gasteiger partial charge on any atom is -0.379 e. The lowest BCUT2D eigenvalue weighted by Crippen LogP contribution is -2.59. The molecule has 0 radical (unpaired) electrons. The molecule has 0 aromatic carbocycles. The van der Waals surface area contributed by atoms with Crippen molar-refractivity contribution in [2.24, 2.45) is 34.3 Å². The van der Waals surface area contributed by atoms with Crippen LogP contribution >= 0.6 is 0 Å². The van der Waals surface area contributed by atoms with Crippen molar-refractivity contribution in [1.82, 2.24) is 0 Å². The molecular formula is C20H29NO3. The third-order valence-corrected chi connectivity index (χ3v) is 8.52. The summed E-state index contributed by atoms with van der Waals surface area (Å²) in [6, 6.07) is 0. The van der Waals surface area contributed by atoms with Crippen LogP contribution in [-0.4, -0.2) is 22.4 Å². The maximum Gasteiger partial charge on any atom is 0.249 e. The number of fused-ring (bicyclic) bond motifs is 5. The second-order valence-corrected chi connectivity index (χ2v) is 9.19. The van der Waals surface area contributed by atoms with Gasteiger partial charge in [0, 0.05) is 11.8 Å². The lowest BCUT2D eigenvalue weighted by molar-refractivity contribution is -0.161. The zero-order chi connectivity index (χ0) is 17.3. The van der Waals surface area contributed by atoms with Crippen molar-refractivity contribution >= 4 is 11.7 Å². The van der Waals surface area contributed by atoms with Gasteiger partial charge in [0.25, 0.3) is 0 Å². The first-order valence-electron chi connectivity index (χ1n) is 9.48. The minimum atomic E-state index is -1.35. The molecule has 4 nitrogen and oxygen atoms in total. The molecule has 24 heavy (non-hydrogen) atoms. The van der Waals surface area contributed by atoms with Crippen molar-refractivity contribution in [3.05, 3.63) is 11.6 Å². The first kappa shape index (κ1) is 16.3. The number of hydrogen-bond donors (Lipinski definition) is 2. The molecule has 1 amide bonds. The Labute approximate surface area is 143 Å². The van der Waals surface area contributed by atoms with Gasteiger partial charge in [-0.05, 0) is 74.2 Å². The Morgan fingerprint density at radius 3 is 2.54 bits per heavy atom. The zero-order valence-electron chi connectivity index (χ0n) is 14.8. The summed E-state index contributed by atoms with van der Waals surface area (Å²) < 4.78 is 0. The standard InChI is InChI=1S/C20H29NO3/c1-18-8-5-13(22)11-12(18)3-4-14-15(18)6-9-19(2)16(14)7-10-20(19,24)17(21)23/h11,14-16,24H,3-10H2,1-2H3,(H2,21,23)/t14-,15-,16+,18+,19+,20?/m1/s1. The first-order chi connectivity index (χ1) is 11.2. The van der Waals surface area contributed by atoms with Gasteiger partial charge in [0.05, 0.1) is 0 Å². The fourth-order valence-corrected chi connectivity index (χ4v) is 6.98. The van der Waals surface area contributed by atoms with Crippen molar-refractivity contribution in [2.45, 2.75) is 70.8 Å². The number of aliphatic hydroxyl groups is 1. The Morgan fingerprint density at radius 2 is 1.83 bits per heavy atom. The van der Waals surface area contributed by atoms with E-state index < -0.39 is 11.5 Å². The molecule has 4 rings (SSSR count). The molecule has 3 saturated carbocycles. The molecule has 132 valence electrons. The highest BCUT2D eigenvalue weighted by atomic mass is 16.3. The fourth-order valence-electron chi connectivity index (χ4n) is 6.98. The summed E-state index contributed by atoms with van der Waals surface area (Å²) in [5, 5.41) is 11.0. The van der Waals surface area contributed by atoms with Gasteiger partial charge in [-0.2, -0.15) is 0 Å². The highest BCUT2D eigenvalue weighted by Gasteiger charge is 2.65. The number of nitrogens with two attached hydrogens (primary N) is 1. The zero-order valence-corrected chi connectivity index (χ0v) is 14.8. The fraction of sp³-hybridized carbons (Fsp3) is 0.800. The highest BCUT2D eigenvalue weighted by molar-refractivity contribution is 5.91. The second-order valence-electron chi connectivity index (χ2n) is 9.19. The lowest BCUT2D eigenvalue weighted by atomic mass is 9.46. The van der Waals surface area contributed by atoms with E-state index in [0.29, 0.717) is 30.6 Å². The van der Waals surface area contributed by atoms with Crippen LogP contribution in [0.5, 0.6) is 0 Å². The van der Waals surface area contributed by atoms with E-state index in [2.05, 4.69) is 13.8 Å². The third-order valence-electron chi connectivity index (χ3n) is 8.52. The Balaban J connectivity index is 1.70. The quantitative estimate of drug-likeness (QED) is 0.775. The maximum absolute atomic E-state index is 12.0. The first-order valence-corrected chi connectivity index (χ1v) is 9.48. The molecule has 0 bridgehead atoms. The minimum absolute atomic E-state index is 0.131. The van der Waals surface area contributed by atoms with Crippen molar-refractivity contribution in [1.29, 1.82) is 0 Å². The summed E-state index contributed by atoms with van der Waals surface area (Å²) in [5.74, 6) is 1.21. The topological polar surface area (TPSA) is 80.4 Å². The predicted molar refractivity (Wildman–Crippen MR) is 90.9 cm³/mol. The molecule has 0 heterocycles.